The van der Waals surface area contributed by atoms with Crippen LogP contribution in [0.2, 0.25) is 0 Å². The summed E-state index contributed by atoms with van der Waals surface area (Å²) in [5, 5.41) is 6.85. The molecule has 0 unspecified atom stereocenters. The lowest BCUT2D eigenvalue weighted by Gasteiger charge is -2.10. The molecule has 2 aromatic rings. The maximum Gasteiger partial charge on any atom is 0.272 e. The van der Waals surface area contributed by atoms with E-state index in [-0.39, 0.29) is 29.7 Å². The standard InChI is InChI=1S/C16H16FN3O2/c1-10-4-5-11(7-12(10)17)9-18-16(22)13-8-14-15(21)3-2-6-20(14)19-13/h4-5,7-8H,2-3,6,9H2,1H3,(H,18,22). The van der Waals surface area contributed by atoms with Gasteiger partial charge in [0.05, 0.1) is 0 Å². The van der Waals surface area contributed by atoms with Crippen LogP contribution in [0.5, 0.6) is 0 Å². The summed E-state index contributed by atoms with van der Waals surface area (Å²) in [5.74, 6) is -0.649. The highest BCUT2D eigenvalue weighted by Gasteiger charge is 2.22. The van der Waals surface area contributed by atoms with Gasteiger partial charge in [-0.25, -0.2) is 4.39 Å². The number of hydrogen-bond donors (Lipinski definition) is 1. The molecule has 0 saturated heterocycles. The number of aryl methyl sites for hydroxylation is 2. The van der Waals surface area contributed by atoms with E-state index in [9.17, 15) is 14.0 Å². The Kier molecular flexibility index (Phi) is 3.75. The lowest BCUT2D eigenvalue weighted by atomic mass is 10.1. The first-order chi connectivity index (χ1) is 10.5. The summed E-state index contributed by atoms with van der Waals surface area (Å²) in [4.78, 5) is 23.8. The van der Waals surface area contributed by atoms with Gasteiger partial charge in [0.1, 0.15) is 11.5 Å². The van der Waals surface area contributed by atoms with E-state index in [0.29, 0.717) is 29.8 Å². The molecule has 114 valence electrons. The maximum absolute atomic E-state index is 13.5. The molecule has 22 heavy (non-hydrogen) atoms. The summed E-state index contributed by atoms with van der Waals surface area (Å²) in [5.41, 5.74) is 1.95. The van der Waals surface area contributed by atoms with Gasteiger partial charge in [-0.15, -0.1) is 0 Å². The number of nitrogens with zero attached hydrogens (tertiary/aromatic N) is 2. The topological polar surface area (TPSA) is 64.0 Å². The highest BCUT2D eigenvalue weighted by molar-refractivity contribution is 5.99. The second kappa shape index (κ2) is 5.71. The van der Waals surface area contributed by atoms with Crippen molar-refractivity contribution in [2.75, 3.05) is 0 Å². The van der Waals surface area contributed by atoms with Gasteiger partial charge in [-0.1, -0.05) is 12.1 Å². The fraction of sp³-hybridized carbons (Fsp3) is 0.312. The number of carbonyl (C=O) groups is 2. The minimum atomic E-state index is -0.365. The molecule has 0 bridgehead atoms. The van der Waals surface area contributed by atoms with Crippen LogP contribution in [0.3, 0.4) is 0 Å². The van der Waals surface area contributed by atoms with Gasteiger partial charge in [0, 0.05) is 25.6 Å². The molecule has 0 fully saturated rings. The Morgan fingerprint density at radius 3 is 2.95 bits per heavy atom. The third-order valence-electron chi connectivity index (χ3n) is 3.76. The zero-order valence-corrected chi connectivity index (χ0v) is 12.2. The van der Waals surface area contributed by atoms with E-state index >= 15 is 0 Å². The SMILES string of the molecule is Cc1ccc(CNC(=O)c2cc3n(n2)CCCC3=O)cc1F. The molecule has 3 rings (SSSR count). The molecule has 1 aliphatic rings. The van der Waals surface area contributed by atoms with Gasteiger partial charge in [0.25, 0.3) is 5.91 Å². The Bertz CT molecular complexity index is 752. The van der Waals surface area contributed by atoms with Gasteiger partial charge in [-0.3, -0.25) is 14.3 Å². The van der Waals surface area contributed by atoms with Crippen molar-refractivity contribution in [3.05, 3.63) is 52.6 Å². The third-order valence-corrected chi connectivity index (χ3v) is 3.76. The zero-order chi connectivity index (χ0) is 15.7. The number of amides is 1. The van der Waals surface area contributed by atoms with Crippen LogP contribution in [0, 0.1) is 12.7 Å². The Hall–Kier alpha value is -2.50. The molecule has 0 radical (unpaired) electrons. The predicted molar refractivity (Wildman–Crippen MR) is 78.1 cm³/mol. The lowest BCUT2D eigenvalue weighted by molar-refractivity contribution is 0.0937. The van der Waals surface area contributed by atoms with Crippen LogP contribution in [-0.2, 0) is 13.1 Å². The van der Waals surface area contributed by atoms with E-state index in [4.69, 9.17) is 0 Å². The first kappa shape index (κ1) is 14.4. The Morgan fingerprint density at radius 1 is 1.41 bits per heavy atom. The molecule has 6 heteroatoms. The minimum absolute atomic E-state index is 0.0124. The normalized spacial score (nSPS) is 13.8. The van der Waals surface area contributed by atoms with Gasteiger partial charge in [-0.2, -0.15) is 5.10 Å². The van der Waals surface area contributed by atoms with Gasteiger partial charge in [-0.05, 0) is 30.5 Å². The van der Waals surface area contributed by atoms with Crippen molar-refractivity contribution >= 4 is 11.7 Å². The van der Waals surface area contributed by atoms with Crippen molar-refractivity contribution < 1.29 is 14.0 Å². The Morgan fingerprint density at radius 2 is 2.23 bits per heavy atom. The van der Waals surface area contributed by atoms with Crippen LogP contribution in [0.1, 0.15) is 44.9 Å². The van der Waals surface area contributed by atoms with E-state index in [1.54, 1.807) is 23.7 Å². The molecule has 1 aliphatic heterocycles. The van der Waals surface area contributed by atoms with Crippen LogP contribution in [-0.4, -0.2) is 21.5 Å². The number of nitrogens with one attached hydrogen (secondary N) is 1. The molecule has 5 nitrogen and oxygen atoms in total. The number of ketones is 1. The number of benzene rings is 1. The molecule has 1 aromatic heterocycles. The average Bonchev–Trinajstić information content (AvgIpc) is 2.94. The predicted octanol–water partition coefficient (Wildman–Crippen LogP) is 2.24. The molecule has 1 aromatic carbocycles. The number of halogens is 1. The minimum Gasteiger partial charge on any atom is -0.347 e. The zero-order valence-electron chi connectivity index (χ0n) is 12.2. The van der Waals surface area contributed by atoms with E-state index in [2.05, 4.69) is 10.4 Å². The van der Waals surface area contributed by atoms with Gasteiger partial charge < -0.3 is 5.32 Å². The van der Waals surface area contributed by atoms with Crippen molar-refractivity contribution in [3.8, 4) is 0 Å². The second-order valence-corrected chi connectivity index (χ2v) is 5.43. The number of aromatic nitrogens is 2. The molecule has 0 saturated carbocycles. The second-order valence-electron chi connectivity index (χ2n) is 5.43. The van der Waals surface area contributed by atoms with E-state index < -0.39 is 0 Å². The van der Waals surface area contributed by atoms with Gasteiger partial charge >= 0.3 is 0 Å². The Balaban J connectivity index is 1.69. The molecule has 0 aliphatic carbocycles. The van der Waals surface area contributed by atoms with Crippen molar-refractivity contribution in [2.45, 2.75) is 32.9 Å². The van der Waals surface area contributed by atoms with Crippen LogP contribution >= 0.6 is 0 Å². The number of Topliss-reactive ketones (excluding diaryl/α,β-unsaturated/α-hetero) is 1. The highest BCUT2D eigenvalue weighted by Crippen LogP contribution is 2.15. The van der Waals surface area contributed by atoms with Gasteiger partial charge in [0.15, 0.2) is 11.5 Å². The summed E-state index contributed by atoms with van der Waals surface area (Å²) in [7, 11) is 0. The number of fused-ring (bicyclic) bond motifs is 1. The highest BCUT2D eigenvalue weighted by atomic mass is 19.1. The number of carbonyl (C=O) groups excluding carboxylic acids is 2. The van der Waals surface area contributed by atoms with Crippen molar-refractivity contribution in [2.24, 2.45) is 0 Å². The molecule has 2 heterocycles. The Labute approximate surface area is 127 Å². The smallest absolute Gasteiger partial charge is 0.272 e. The molecule has 0 atom stereocenters. The molecule has 1 N–H and O–H groups in total. The van der Waals surface area contributed by atoms with Crippen molar-refractivity contribution in [3.63, 3.8) is 0 Å². The molecular formula is C16H16FN3O2. The van der Waals surface area contributed by atoms with Crippen LogP contribution in [0.25, 0.3) is 0 Å². The van der Waals surface area contributed by atoms with E-state index in [0.717, 1.165) is 6.42 Å². The van der Waals surface area contributed by atoms with Gasteiger partial charge in [0.2, 0.25) is 0 Å². The fourth-order valence-electron chi connectivity index (χ4n) is 2.46. The first-order valence-corrected chi connectivity index (χ1v) is 7.19. The monoisotopic (exact) mass is 301 g/mol. The largest absolute Gasteiger partial charge is 0.347 e. The fourth-order valence-corrected chi connectivity index (χ4v) is 2.46. The van der Waals surface area contributed by atoms with E-state index in [1.807, 2.05) is 0 Å². The van der Waals surface area contributed by atoms with E-state index in [1.165, 1.54) is 12.1 Å². The number of hydrogen-bond acceptors (Lipinski definition) is 3. The van der Waals surface area contributed by atoms with Crippen molar-refractivity contribution in [1.82, 2.24) is 15.1 Å². The van der Waals surface area contributed by atoms with Crippen LogP contribution < -0.4 is 5.32 Å². The number of rotatable bonds is 3. The molecule has 0 spiro atoms. The summed E-state index contributed by atoms with van der Waals surface area (Å²) in [6, 6.07) is 6.36. The van der Waals surface area contributed by atoms with Crippen LogP contribution in [0.4, 0.5) is 4.39 Å². The summed E-state index contributed by atoms with van der Waals surface area (Å²) in [6.45, 7) is 2.55. The quantitative estimate of drug-likeness (QED) is 0.945. The average molecular weight is 301 g/mol. The summed E-state index contributed by atoms with van der Waals surface area (Å²) in [6.07, 6.45) is 1.24. The molecule has 1 amide bonds. The lowest BCUT2D eigenvalue weighted by Crippen LogP contribution is -2.23. The van der Waals surface area contributed by atoms with Crippen molar-refractivity contribution in [1.29, 1.82) is 0 Å². The first-order valence-electron chi connectivity index (χ1n) is 7.19. The summed E-state index contributed by atoms with van der Waals surface area (Å²) >= 11 is 0. The maximum atomic E-state index is 13.5. The molecular weight excluding hydrogens is 285 g/mol. The summed E-state index contributed by atoms with van der Waals surface area (Å²) < 4.78 is 15.0. The third kappa shape index (κ3) is 2.77. The van der Waals surface area contributed by atoms with Crippen LogP contribution in [0.15, 0.2) is 24.3 Å².